The first kappa shape index (κ1) is 15.5. The Labute approximate surface area is 135 Å². The van der Waals surface area contributed by atoms with Gasteiger partial charge in [0.15, 0.2) is 0 Å². The summed E-state index contributed by atoms with van der Waals surface area (Å²) in [4.78, 5) is 2.31. The van der Waals surface area contributed by atoms with Crippen LogP contribution in [0.2, 0.25) is 0 Å². The molecule has 0 amide bonds. The van der Waals surface area contributed by atoms with Gasteiger partial charge >= 0.3 is 0 Å². The van der Waals surface area contributed by atoms with Gasteiger partial charge in [-0.2, -0.15) is 4.31 Å². The maximum atomic E-state index is 13.6. The van der Waals surface area contributed by atoms with Gasteiger partial charge in [0.2, 0.25) is 10.0 Å². The van der Waals surface area contributed by atoms with Crippen LogP contribution in [-0.2, 0) is 10.0 Å². The van der Waals surface area contributed by atoms with E-state index in [0.29, 0.717) is 18.0 Å². The summed E-state index contributed by atoms with van der Waals surface area (Å²) < 4.78 is 53.3. The highest BCUT2D eigenvalue weighted by atomic mass is 32.2. The second-order valence-electron chi connectivity index (χ2n) is 7.00. The van der Waals surface area contributed by atoms with Crippen molar-refractivity contribution in [3.05, 3.63) is 35.4 Å². The van der Waals surface area contributed by atoms with Crippen LogP contribution < -0.4 is 0 Å². The summed E-state index contributed by atoms with van der Waals surface area (Å²) in [5, 5.41) is 0. The van der Waals surface area contributed by atoms with Gasteiger partial charge in [0.25, 0.3) is 0 Å². The molecule has 4 fully saturated rings. The molecule has 0 N–H and O–H groups in total. The molecule has 4 aliphatic heterocycles. The molecular weight excluding hydrogens is 322 g/mol. The van der Waals surface area contributed by atoms with E-state index in [9.17, 15) is 17.2 Å². The van der Waals surface area contributed by atoms with E-state index in [1.54, 1.807) is 4.31 Å². The molecule has 4 aliphatic rings. The third-order valence-corrected chi connectivity index (χ3v) is 6.93. The van der Waals surface area contributed by atoms with Crippen molar-refractivity contribution in [2.45, 2.75) is 30.8 Å². The molecule has 2 bridgehead atoms. The highest BCUT2D eigenvalue weighted by Crippen LogP contribution is 2.47. The lowest BCUT2D eigenvalue weighted by molar-refractivity contribution is 0.0124. The molecule has 0 unspecified atom stereocenters. The van der Waals surface area contributed by atoms with E-state index in [4.69, 9.17) is 0 Å². The van der Waals surface area contributed by atoms with E-state index in [0.717, 1.165) is 32.0 Å². The molecule has 0 aliphatic carbocycles. The Hall–Kier alpha value is -1.05. The number of hydrogen-bond acceptors (Lipinski definition) is 3. The monoisotopic (exact) mass is 342 g/mol. The zero-order valence-electron chi connectivity index (χ0n) is 13.0. The molecule has 1 aromatic carbocycles. The molecule has 3 atom stereocenters. The summed E-state index contributed by atoms with van der Waals surface area (Å²) in [5.41, 5.74) is 0.566. The van der Waals surface area contributed by atoms with Gasteiger partial charge in [-0.1, -0.05) is 0 Å². The smallest absolute Gasteiger partial charge is 0.211 e. The third-order valence-electron chi connectivity index (χ3n) is 5.69. The molecule has 4 nitrogen and oxygen atoms in total. The largest absolute Gasteiger partial charge is 0.298 e. The molecule has 7 heteroatoms. The van der Waals surface area contributed by atoms with E-state index in [2.05, 4.69) is 4.90 Å². The van der Waals surface area contributed by atoms with Crippen molar-refractivity contribution < 1.29 is 17.2 Å². The van der Waals surface area contributed by atoms with E-state index >= 15 is 0 Å². The molecule has 0 radical (unpaired) electrons. The number of halogens is 2. The predicted molar refractivity (Wildman–Crippen MR) is 82.5 cm³/mol. The molecule has 5 rings (SSSR count). The summed E-state index contributed by atoms with van der Waals surface area (Å²) in [6, 6.07) is 3.51. The van der Waals surface area contributed by atoms with Crippen molar-refractivity contribution in [1.82, 2.24) is 9.21 Å². The van der Waals surface area contributed by atoms with Crippen molar-refractivity contribution in [3.8, 4) is 0 Å². The molecule has 4 saturated heterocycles. The van der Waals surface area contributed by atoms with Gasteiger partial charge in [0.05, 0.1) is 6.26 Å². The Balaban J connectivity index is 1.78. The summed E-state index contributed by atoms with van der Waals surface area (Å²) in [5.74, 6) is -1.04. The number of benzene rings is 1. The van der Waals surface area contributed by atoms with Crippen molar-refractivity contribution in [3.63, 3.8) is 0 Å². The third kappa shape index (κ3) is 2.49. The fourth-order valence-electron chi connectivity index (χ4n) is 4.82. The van der Waals surface area contributed by atoms with Crippen molar-refractivity contribution in [2.75, 3.05) is 25.9 Å². The van der Waals surface area contributed by atoms with Crippen LogP contribution in [0.3, 0.4) is 0 Å². The minimum absolute atomic E-state index is 0.0263. The van der Waals surface area contributed by atoms with Gasteiger partial charge in [-0.25, -0.2) is 17.2 Å². The molecule has 0 aromatic heterocycles. The van der Waals surface area contributed by atoms with Gasteiger partial charge in [-0.3, -0.25) is 4.90 Å². The molecule has 1 aromatic rings. The van der Waals surface area contributed by atoms with E-state index < -0.39 is 21.7 Å². The SMILES string of the molecule is CS(=O)(=O)N1C[C@H](c2cc(F)cc(F)c2)[C@H]2[C@@H]1C1CCN2CC1. The summed E-state index contributed by atoms with van der Waals surface area (Å²) in [6.07, 6.45) is 3.23. The first-order chi connectivity index (χ1) is 10.8. The number of fused-ring (bicyclic) bond motifs is 2. The number of nitrogens with zero attached hydrogens (tertiary/aromatic N) is 2. The Kier molecular flexibility index (Phi) is 3.52. The van der Waals surface area contributed by atoms with Crippen LogP contribution >= 0.6 is 0 Å². The Morgan fingerprint density at radius 3 is 2.22 bits per heavy atom. The number of piperidine rings is 3. The standard InChI is InChI=1S/C16H20F2N2O2S/c1-23(21,22)20-9-14(11-6-12(17)8-13(18)7-11)16-15(20)10-2-4-19(16)5-3-10/h6-8,10,14-16H,2-5,9H2,1H3/t14-,15+,16+/m1/s1. The van der Waals surface area contributed by atoms with Gasteiger partial charge < -0.3 is 0 Å². The summed E-state index contributed by atoms with van der Waals surface area (Å²) >= 11 is 0. The Morgan fingerprint density at radius 2 is 1.65 bits per heavy atom. The van der Waals surface area contributed by atoms with Crippen molar-refractivity contribution in [2.24, 2.45) is 5.92 Å². The average molecular weight is 342 g/mol. The quantitative estimate of drug-likeness (QED) is 0.823. The second kappa shape index (κ2) is 5.22. The normalized spacial score (nSPS) is 37.1. The van der Waals surface area contributed by atoms with E-state index in [1.165, 1.54) is 18.4 Å². The molecule has 126 valence electrons. The van der Waals surface area contributed by atoms with Crippen LogP contribution in [-0.4, -0.2) is 55.6 Å². The number of hydrogen-bond donors (Lipinski definition) is 0. The molecule has 4 heterocycles. The predicted octanol–water partition coefficient (Wildman–Crippen LogP) is 1.79. The first-order valence-corrected chi connectivity index (χ1v) is 9.86. The van der Waals surface area contributed by atoms with Crippen LogP contribution in [0.4, 0.5) is 8.78 Å². The highest BCUT2D eigenvalue weighted by Gasteiger charge is 2.55. The minimum Gasteiger partial charge on any atom is -0.298 e. The van der Waals surface area contributed by atoms with Crippen LogP contribution in [0.25, 0.3) is 0 Å². The van der Waals surface area contributed by atoms with Gasteiger partial charge in [0.1, 0.15) is 11.6 Å². The lowest BCUT2D eigenvalue weighted by Crippen LogP contribution is -2.60. The fourth-order valence-corrected chi connectivity index (χ4v) is 5.99. The first-order valence-electron chi connectivity index (χ1n) is 8.01. The van der Waals surface area contributed by atoms with Crippen molar-refractivity contribution >= 4 is 10.0 Å². The van der Waals surface area contributed by atoms with Crippen LogP contribution in [0, 0.1) is 17.6 Å². The van der Waals surface area contributed by atoms with E-state index in [1.807, 2.05) is 0 Å². The highest BCUT2D eigenvalue weighted by molar-refractivity contribution is 7.88. The minimum atomic E-state index is -3.34. The Morgan fingerprint density at radius 1 is 1.04 bits per heavy atom. The molecule has 23 heavy (non-hydrogen) atoms. The van der Waals surface area contributed by atoms with Crippen LogP contribution in [0.15, 0.2) is 18.2 Å². The lowest BCUT2D eigenvalue weighted by atomic mass is 9.75. The summed E-state index contributed by atoms with van der Waals surface area (Å²) in [6.45, 7) is 2.19. The Bertz CT molecular complexity index is 711. The van der Waals surface area contributed by atoms with Gasteiger partial charge in [0, 0.05) is 30.6 Å². The van der Waals surface area contributed by atoms with Gasteiger partial charge in [-0.15, -0.1) is 0 Å². The lowest BCUT2D eigenvalue weighted by Gasteiger charge is -2.50. The zero-order chi connectivity index (χ0) is 16.4. The van der Waals surface area contributed by atoms with E-state index in [-0.39, 0.29) is 18.0 Å². The second-order valence-corrected chi connectivity index (χ2v) is 8.93. The zero-order valence-corrected chi connectivity index (χ0v) is 13.8. The summed E-state index contributed by atoms with van der Waals surface area (Å²) in [7, 11) is -3.34. The molecule has 0 saturated carbocycles. The van der Waals surface area contributed by atoms with Crippen molar-refractivity contribution in [1.29, 1.82) is 0 Å². The van der Waals surface area contributed by atoms with Crippen LogP contribution in [0.1, 0.15) is 24.3 Å². The average Bonchev–Trinajstić information content (AvgIpc) is 2.90. The maximum absolute atomic E-state index is 13.6. The maximum Gasteiger partial charge on any atom is 0.211 e. The number of rotatable bonds is 2. The topological polar surface area (TPSA) is 40.6 Å². The number of sulfonamides is 1. The van der Waals surface area contributed by atoms with Crippen LogP contribution in [0.5, 0.6) is 0 Å². The van der Waals surface area contributed by atoms with Gasteiger partial charge in [-0.05, 0) is 49.5 Å². The molecule has 0 spiro atoms. The molecular formula is C16H20F2N2O2S. The fraction of sp³-hybridized carbons (Fsp3) is 0.625.